The van der Waals surface area contributed by atoms with E-state index in [1.165, 1.54) is 14.2 Å². The summed E-state index contributed by atoms with van der Waals surface area (Å²) in [5.74, 6) is 5.09. The summed E-state index contributed by atoms with van der Waals surface area (Å²) in [5.41, 5.74) is 0.740. The fourth-order valence-electron chi connectivity index (χ4n) is 2.88. The Morgan fingerprint density at radius 2 is 1.81 bits per heavy atom. The Morgan fingerprint density at radius 3 is 2.41 bits per heavy atom. The molecule has 1 N–H and O–H groups in total. The van der Waals surface area contributed by atoms with Gasteiger partial charge >= 0.3 is 5.97 Å². The first-order valence-corrected chi connectivity index (χ1v) is 11.5. The van der Waals surface area contributed by atoms with Crippen molar-refractivity contribution in [2.75, 3.05) is 27.4 Å². The monoisotopic (exact) mass is 460 g/mol. The molecule has 0 saturated heterocycles. The van der Waals surface area contributed by atoms with Crippen molar-refractivity contribution in [2.45, 2.75) is 19.6 Å². The third-order valence-electron chi connectivity index (χ3n) is 5.01. The van der Waals surface area contributed by atoms with E-state index in [4.69, 9.17) is 13.7 Å². The maximum absolute atomic E-state index is 12.3. The summed E-state index contributed by atoms with van der Waals surface area (Å²) >= 11 is 0. The highest BCUT2D eigenvalue weighted by Gasteiger charge is 2.29. The predicted molar refractivity (Wildman–Crippen MR) is 121 cm³/mol. The minimum Gasteiger partial charge on any atom is -0.496 e. The molecule has 2 aromatic rings. The Balaban J connectivity index is 2.13. The molecule has 0 bridgehead atoms. The van der Waals surface area contributed by atoms with Crippen LogP contribution in [0, 0.1) is 23.2 Å². The molecular weight excluding hydrogens is 432 g/mol. The summed E-state index contributed by atoms with van der Waals surface area (Å²) in [7, 11) is -1.08. The van der Waals surface area contributed by atoms with Gasteiger partial charge in [0.15, 0.2) is 0 Å². The Bertz CT molecular complexity index is 1080. The number of hydrogen-bond donors (Lipinski definition) is 1. The number of aliphatic hydroxyl groups excluding tert-OH is 1. The second-order valence-corrected chi connectivity index (χ2v) is 9.37. The first kappa shape index (κ1) is 25.4. The lowest BCUT2D eigenvalue weighted by molar-refractivity contribution is 0.0597. The molecule has 0 radical (unpaired) electrons. The topological polar surface area (TPSA) is 99.1 Å². The van der Waals surface area contributed by atoms with Crippen molar-refractivity contribution >= 4 is 16.1 Å². The molecule has 0 aliphatic rings. The van der Waals surface area contributed by atoms with Crippen LogP contribution in [0.3, 0.4) is 0 Å². The Hall–Kier alpha value is -2.86. The van der Waals surface area contributed by atoms with Crippen molar-refractivity contribution < 1.29 is 32.0 Å². The highest BCUT2D eigenvalue weighted by molar-refractivity contribution is 7.85. The minimum atomic E-state index is -3.81. The predicted octanol–water partition coefficient (Wildman–Crippen LogP) is 3.01. The van der Waals surface area contributed by atoms with Gasteiger partial charge in [-0.1, -0.05) is 42.2 Å². The number of carbonyl (C=O) groups is 1. The van der Waals surface area contributed by atoms with Crippen LogP contribution >= 0.6 is 0 Å². The van der Waals surface area contributed by atoms with Gasteiger partial charge in [-0.2, -0.15) is 8.42 Å². The lowest BCUT2D eigenvalue weighted by Crippen LogP contribution is -2.31. The SMILES string of the molecule is COC(=O)c1ccc(C#CC(C)(C)C(CO)COS(=O)(=O)Cc2ccccc2)cc1OC. The van der Waals surface area contributed by atoms with Crippen LogP contribution in [0.1, 0.15) is 35.3 Å². The lowest BCUT2D eigenvalue weighted by atomic mass is 9.80. The molecule has 2 aromatic carbocycles. The number of aliphatic hydroxyl groups is 1. The Morgan fingerprint density at radius 1 is 1.12 bits per heavy atom. The second kappa shape index (κ2) is 11.1. The van der Waals surface area contributed by atoms with Crippen molar-refractivity contribution in [3.63, 3.8) is 0 Å². The Kier molecular flexibility index (Phi) is 8.84. The number of benzene rings is 2. The highest BCUT2D eigenvalue weighted by atomic mass is 32.2. The summed E-state index contributed by atoms with van der Waals surface area (Å²) < 4.78 is 39.8. The van der Waals surface area contributed by atoms with Gasteiger partial charge in [-0.05, 0) is 37.6 Å². The van der Waals surface area contributed by atoms with Crippen LogP contribution in [0.5, 0.6) is 5.75 Å². The van der Waals surface area contributed by atoms with Gasteiger partial charge in [-0.25, -0.2) is 4.79 Å². The fraction of sp³-hybridized carbons (Fsp3) is 0.375. The molecule has 0 saturated carbocycles. The molecule has 0 amide bonds. The van der Waals surface area contributed by atoms with Crippen LogP contribution in [0.25, 0.3) is 0 Å². The molecule has 1 atom stereocenters. The first-order valence-electron chi connectivity index (χ1n) is 9.93. The van der Waals surface area contributed by atoms with Crippen LogP contribution in [0.2, 0.25) is 0 Å². The van der Waals surface area contributed by atoms with E-state index in [9.17, 15) is 18.3 Å². The van der Waals surface area contributed by atoms with E-state index in [0.29, 0.717) is 16.9 Å². The molecule has 32 heavy (non-hydrogen) atoms. The quantitative estimate of drug-likeness (QED) is 0.349. The van der Waals surface area contributed by atoms with E-state index < -0.39 is 27.4 Å². The number of ether oxygens (including phenoxy) is 2. The molecule has 172 valence electrons. The first-order chi connectivity index (χ1) is 15.1. The summed E-state index contributed by atoms with van der Waals surface area (Å²) in [6.07, 6.45) is 0. The summed E-state index contributed by atoms with van der Waals surface area (Å²) in [6.45, 7) is 3.10. The summed E-state index contributed by atoms with van der Waals surface area (Å²) in [4.78, 5) is 11.8. The molecular formula is C24H28O7S. The van der Waals surface area contributed by atoms with Gasteiger partial charge in [0.25, 0.3) is 10.1 Å². The molecule has 7 nitrogen and oxygen atoms in total. The average Bonchev–Trinajstić information content (AvgIpc) is 2.77. The zero-order valence-corrected chi connectivity index (χ0v) is 19.4. The number of carbonyl (C=O) groups excluding carboxylic acids is 1. The van der Waals surface area contributed by atoms with Crippen molar-refractivity contribution in [3.8, 4) is 17.6 Å². The summed E-state index contributed by atoms with van der Waals surface area (Å²) in [5, 5.41) is 9.84. The van der Waals surface area contributed by atoms with Crippen molar-refractivity contribution in [3.05, 3.63) is 65.2 Å². The van der Waals surface area contributed by atoms with E-state index in [1.807, 2.05) is 0 Å². The molecule has 0 heterocycles. The van der Waals surface area contributed by atoms with Gasteiger partial charge in [-0.15, -0.1) is 0 Å². The van der Waals surface area contributed by atoms with Gasteiger partial charge in [0, 0.05) is 23.5 Å². The maximum atomic E-state index is 12.3. The van der Waals surface area contributed by atoms with Crippen molar-refractivity contribution in [1.82, 2.24) is 0 Å². The zero-order valence-electron chi connectivity index (χ0n) is 18.6. The average molecular weight is 461 g/mol. The summed E-state index contributed by atoms with van der Waals surface area (Å²) in [6, 6.07) is 13.6. The lowest BCUT2D eigenvalue weighted by Gasteiger charge is -2.27. The van der Waals surface area contributed by atoms with Crippen LogP contribution < -0.4 is 4.74 Å². The maximum Gasteiger partial charge on any atom is 0.341 e. The molecule has 8 heteroatoms. The van der Waals surface area contributed by atoms with E-state index in [0.717, 1.165) is 0 Å². The van der Waals surface area contributed by atoms with Crippen molar-refractivity contribution in [2.24, 2.45) is 11.3 Å². The van der Waals surface area contributed by atoms with Gasteiger partial charge in [0.05, 0.1) is 20.8 Å². The smallest absolute Gasteiger partial charge is 0.341 e. The number of esters is 1. The van der Waals surface area contributed by atoms with Gasteiger partial charge in [0.1, 0.15) is 17.1 Å². The molecule has 2 rings (SSSR count). The number of methoxy groups -OCH3 is 2. The standard InChI is InChI=1S/C24H28O7S/c1-24(2,13-12-18-10-11-21(23(26)30-4)22(14-18)29-3)20(15-25)16-31-32(27,28)17-19-8-6-5-7-9-19/h5-11,14,20,25H,15-17H2,1-4H3. The highest BCUT2D eigenvalue weighted by Crippen LogP contribution is 2.28. The van der Waals surface area contributed by atoms with Crippen LogP contribution in [-0.2, 0) is 24.8 Å². The van der Waals surface area contributed by atoms with Gasteiger partial charge < -0.3 is 14.6 Å². The van der Waals surface area contributed by atoms with E-state index in [-0.39, 0.29) is 24.5 Å². The van der Waals surface area contributed by atoms with E-state index >= 15 is 0 Å². The third kappa shape index (κ3) is 7.09. The minimum absolute atomic E-state index is 0.196. The van der Waals surface area contributed by atoms with Gasteiger partial charge in [-0.3, -0.25) is 4.18 Å². The largest absolute Gasteiger partial charge is 0.496 e. The second-order valence-electron chi connectivity index (χ2n) is 7.73. The van der Waals surface area contributed by atoms with Crippen LogP contribution in [-0.4, -0.2) is 46.9 Å². The zero-order chi connectivity index (χ0) is 23.8. The molecule has 1 unspecified atom stereocenters. The molecule has 0 aliphatic carbocycles. The fourth-order valence-corrected chi connectivity index (χ4v) is 3.93. The van der Waals surface area contributed by atoms with E-state index in [2.05, 4.69) is 11.8 Å². The molecule has 0 fully saturated rings. The van der Waals surface area contributed by atoms with Crippen LogP contribution in [0.4, 0.5) is 0 Å². The Labute approximate surface area is 189 Å². The normalized spacial score (nSPS) is 12.4. The van der Waals surface area contributed by atoms with Crippen molar-refractivity contribution in [1.29, 1.82) is 0 Å². The third-order valence-corrected chi connectivity index (χ3v) is 6.19. The molecule has 0 spiro atoms. The molecule has 0 aromatic heterocycles. The number of hydrogen-bond acceptors (Lipinski definition) is 7. The van der Waals surface area contributed by atoms with E-state index in [1.54, 1.807) is 62.4 Å². The molecule has 0 aliphatic heterocycles. The number of rotatable bonds is 9. The van der Waals surface area contributed by atoms with Crippen LogP contribution in [0.15, 0.2) is 48.5 Å². The van der Waals surface area contributed by atoms with Gasteiger partial charge in [0.2, 0.25) is 0 Å².